The lowest BCUT2D eigenvalue weighted by Gasteiger charge is -2.28. The topological polar surface area (TPSA) is 140 Å². The smallest absolute Gasteiger partial charge is 0.250 e. The number of fused-ring (bicyclic) bond motifs is 3. The van der Waals surface area contributed by atoms with E-state index < -0.39 is 29.7 Å². The fraction of sp³-hybridized carbons (Fsp3) is 0.333. The Morgan fingerprint density at radius 1 is 1.02 bits per heavy atom. The number of anilines is 1. The first-order valence-electron chi connectivity index (χ1n) is 18.4. The van der Waals surface area contributed by atoms with E-state index in [1.807, 2.05) is 38.1 Å². The normalized spacial score (nSPS) is 23.3. The number of aliphatic hydroxyl groups excluding tert-OH is 1. The Morgan fingerprint density at radius 2 is 1.85 bits per heavy atom. The van der Waals surface area contributed by atoms with Crippen molar-refractivity contribution < 1.29 is 28.3 Å². The first-order chi connectivity index (χ1) is 25.9. The van der Waals surface area contributed by atoms with Crippen molar-refractivity contribution in [3.8, 4) is 28.5 Å². The predicted octanol–water partition coefficient (Wildman–Crippen LogP) is 7.96. The summed E-state index contributed by atoms with van der Waals surface area (Å²) < 4.78 is 20.4. The number of hydrogen-bond donors (Lipinski definition) is 3. The average Bonchev–Trinajstić information content (AvgIpc) is 3.94. The van der Waals surface area contributed by atoms with Crippen molar-refractivity contribution in [3.05, 3.63) is 110 Å². The third-order valence-electron chi connectivity index (χ3n) is 11.7. The van der Waals surface area contributed by atoms with Crippen LogP contribution in [0.1, 0.15) is 85.4 Å². The third kappa shape index (κ3) is 4.63. The van der Waals surface area contributed by atoms with E-state index in [9.17, 15) is 14.7 Å². The highest BCUT2D eigenvalue weighted by Crippen LogP contribution is 2.60. The largest absolute Gasteiger partial charge is 0.469 e. The van der Waals surface area contributed by atoms with Gasteiger partial charge in [-0.2, -0.15) is 4.98 Å². The summed E-state index contributed by atoms with van der Waals surface area (Å²) in [6.45, 7) is 7.50. The van der Waals surface area contributed by atoms with Crippen LogP contribution in [0.4, 0.5) is 5.69 Å². The van der Waals surface area contributed by atoms with Gasteiger partial charge in [-0.25, -0.2) is 4.98 Å². The van der Waals surface area contributed by atoms with E-state index >= 15 is 0 Å². The van der Waals surface area contributed by atoms with Gasteiger partial charge >= 0.3 is 0 Å². The fourth-order valence-corrected chi connectivity index (χ4v) is 9.52. The summed E-state index contributed by atoms with van der Waals surface area (Å²) in [7, 11) is 0. The number of aromatic nitrogens is 2. The first-order valence-corrected chi connectivity index (χ1v) is 19.1. The Labute approximate surface area is 320 Å². The van der Waals surface area contributed by atoms with Gasteiger partial charge in [-0.1, -0.05) is 93.4 Å². The molecule has 274 valence electrons. The van der Waals surface area contributed by atoms with Crippen LogP contribution in [0, 0.1) is 17.8 Å². The number of rotatable bonds is 5. The molecule has 5 aromatic rings. The molecule has 0 saturated carbocycles. The number of amides is 1. The summed E-state index contributed by atoms with van der Waals surface area (Å²) in [6.07, 6.45) is -1.19. The minimum atomic E-state index is -1.18. The van der Waals surface area contributed by atoms with E-state index in [2.05, 4.69) is 41.0 Å². The van der Waals surface area contributed by atoms with Crippen LogP contribution in [0.5, 0.6) is 5.75 Å². The summed E-state index contributed by atoms with van der Waals surface area (Å²) in [5.74, 6) is -0.184. The molecular weight excluding hydrogens is 727 g/mol. The highest BCUT2D eigenvalue weighted by molar-refractivity contribution is 6.36. The zero-order chi connectivity index (χ0) is 37.4. The van der Waals surface area contributed by atoms with Crippen molar-refractivity contribution in [2.45, 2.75) is 70.7 Å². The molecule has 0 fully saturated rings. The molecule has 11 rings (SSSR count). The number of oxazole rings is 2. The van der Waals surface area contributed by atoms with E-state index in [1.54, 1.807) is 13.8 Å². The Hall–Kier alpha value is -4.90. The lowest BCUT2D eigenvalue weighted by molar-refractivity contribution is -0.135. The number of aliphatic hydroxyl groups is 1. The van der Waals surface area contributed by atoms with Gasteiger partial charge in [0, 0.05) is 40.6 Å². The number of nitrogens with zero attached hydrogens (tertiary/aromatic N) is 2. The number of halogens is 2. The quantitative estimate of drug-likeness (QED) is 0.163. The zero-order valence-electron chi connectivity index (χ0n) is 29.9. The number of Topliss-reactive ketones (excluding diaryl/α,β-unsaturated/α-hetero) is 1. The van der Waals surface area contributed by atoms with Crippen LogP contribution >= 0.6 is 23.2 Å². The fourth-order valence-electron chi connectivity index (χ4n) is 8.99. The molecule has 3 aromatic carbocycles. The molecule has 10 bridgehead atoms. The SMILES string of the molecule is CC(C)C1NC(=O)[C@@H](CC(=O)[C@@H](O)C(C)C)Cc2ccc3c(c2)[C@]24c5ccc(cc5NC2O3)-c2cccc3c2C(=C(Cl)C3)c2oc(nc2Cl)-c2nc1oc24. The van der Waals surface area contributed by atoms with E-state index in [0.717, 1.165) is 44.6 Å². The minimum absolute atomic E-state index is 0.133. The molecule has 12 heteroatoms. The molecule has 2 aromatic heterocycles. The number of benzene rings is 3. The third-order valence-corrected chi connectivity index (χ3v) is 12.3. The van der Waals surface area contributed by atoms with E-state index in [0.29, 0.717) is 40.0 Å². The second kappa shape index (κ2) is 11.8. The number of allylic oxidation sites excluding steroid dienone is 1. The van der Waals surface area contributed by atoms with Gasteiger partial charge in [-0.05, 0) is 63.8 Å². The molecule has 2 unspecified atom stereocenters. The lowest BCUT2D eigenvalue weighted by atomic mass is 9.72. The van der Waals surface area contributed by atoms with Gasteiger partial charge in [0.05, 0.1) is 0 Å². The molecule has 1 amide bonds. The molecule has 1 aliphatic carbocycles. The van der Waals surface area contributed by atoms with Crippen LogP contribution in [-0.4, -0.2) is 39.1 Å². The van der Waals surface area contributed by atoms with Crippen LogP contribution in [0.2, 0.25) is 5.15 Å². The summed E-state index contributed by atoms with van der Waals surface area (Å²) in [5.41, 5.74) is 7.24. The van der Waals surface area contributed by atoms with Gasteiger partial charge in [0.1, 0.15) is 23.3 Å². The number of carbonyl (C=O) groups is 2. The Bertz CT molecular complexity index is 2500. The van der Waals surface area contributed by atoms with Crippen LogP contribution in [0.3, 0.4) is 0 Å². The van der Waals surface area contributed by atoms with Crippen molar-refractivity contribution in [1.82, 2.24) is 15.3 Å². The molecule has 7 heterocycles. The van der Waals surface area contributed by atoms with Gasteiger partial charge in [0.25, 0.3) is 5.89 Å². The molecule has 3 N–H and O–H groups in total. The number of hydrogen-bond acceptors (Lipinski definition) is 9. The van der Waals surface area contributed by atoms with E-state index in [-0.39, 0.29) is 53.3 Å². The highest BCUT2D eigenvalue weighted by atomic mass is 35.5. The average molecular weight is 764 g/mol. The summed E-state index contributed by atoms with van der Waals surface area (Å²) in [6, 6.07) is 17.7. The minimum Gasteiger partial charge on any atom is -0.469 e. The van der Waals surface area contributed by atoms with Crippen LogP contribution < -0.4 is 15.4 Å². The Kier molecular flexibility index (Phi) is 7.35. The van der Waals surface area contributed by atoms with Crippen molar-refractivity contribution in [2.24, 2.45) is 17.8 Å². The molecule has 0 saturated heterocycles. The highest BCUT2D eigenvalue weighted by Gasteiger charge is 2.61. The summed E-state index contributed by atoms with van der Waals surface area (Å²) in [4.78, 5) is 37.4. The lowest BCUT2D eigenvalue weighted by Crippen LogP contribution is -2.41. The number of ketones is 1. The molecule has 10 nitrogen and oxygen atoms in total. The maximum atomic E-state index is 14.2. The second-order valence-electron chi connectivity index (χ2n) is 15.7. The van der Waals surface area contributed by atoms with Gasteiger partial charge in [-0.15, -0.1) is 0 Å². The van der Waals surface area contributed by atoms with Crippen molar-refractivity contribution in [3.63, 3.8) is 0 Å². The van der Waals surface area contributed by atoms with Gasteiger partial charge in [0.15, 0.2) is 34.4 Å². The second-order valence-corrected chi connectivity index (χ2v) is 16.5. The monoisotopic (exact) mass is 762 g/mol. The Balaban J connectivity index is 1.27. The maximum absolute atomic E-state index is 14.2. The van der Waals surface area contributed by atoms with E-state index in [1.165, 1.54) is 0 Å². The molecule has 1 spiro atoms. The van der Waals surface area contributed by atoms with Crippen molar-refractivity contribution in [2.75, 3.05) is 5.32 Å². The first kappa shape index (κ1) is 33.7. The molecule has 6 aliphatic rings. The Morgan fingerprint density at radius 3 is 2.65 bits per heavy atom. The molecule has 5 aliphatic heterocycles. The van der Waals surface area contributed by atoms with Crippen LogP contribution in [0.15, 0.2) is 68.5 Å². The van der Waals surface area contributed by atoms with E-state index in [4.69, 9.17) is 46.7 Å². The number of carbonyl (C=O) groups excluding carboxylic acids is 2. The van der Waals surface area contributed by atoms with Gasteiger partial charge in [0.2, 0.25) is 11.8 Å². The molecule has 5 atom stereocenters. The number of nitrogens with one attached hydrogen (secondary N) is 2. The molecule has 0 radical (unpaired) electrons. The predicted molar refractivity (Wildman–Crippen MR) is 202 cm³/mol. The molecule has 54 heavy (non-hydrogen) atoms. The van der Waals surface area contributed by atoms with Crippen LogP contribution in [0.25, 0.3) is 28.3 Å². The summed E-state index contributed by atoms with van der Waals surface area (Å²) >= 11 is 14.0. The van der Waals surface area contributed by atoms with Crippen molar-refractivity contribution in [1.29, 1.82) is 0 Å². The van der Waals surface area contributed by atoms with Crippen molar-refractivity contribution >= 4 is 46.2 Å². The maximum Gasteiger partial charge on any atom is 0.250 e. The zero-order valence-corrected chi connectivity index (χ0v) is 31.4. The molecular formula is C42H36Cl2N4O6. The van der Waals surface area contributed by atoms with Gasteiger partial charge < -0.3 is 29.3 Å². The van der Waals surface area contributed by atoms with Gasteiger partial charge in [-0.3, -0.25) is 9.59 Å². The van der Waals surface area contributed by atoms with Crippen LogP contribution in [-0.2, 0) is 27.8 Å². The number of ether oxygens (including phenoxy) is 1. The summed E-state index contributed by atoms with van der Waals surface area (Å²) in [5, 5.41) is 18.3. The standard InChI is InChI=1S/C42H36Cl2N4O6/c1-17(2)32-39-47-33-36(54-39)42-24-10-9-20(23-7-5-6-21-14-26(43)31(30(21)23)35-37(44)48-40(33)53-35)15-27(24)45-41(42)52-29-11-8-19(13-25(29)42)12-22(38(51)46-32)16-28(49)34(50)18(3)4/h5-11,13,15,17-18,22,32,34,41,45,50H,12,14,16H2,1-4H3,(H,46,51)/t22-,32?,34+,41?,42+/m1/s1.